The highest BCUT2D eigenvalue weighted by atomic mass is 16.2. The third-order valence-electron chi connectivity index (χ3n) is 4.51. The average Bonchev–Trinajstić information content (AvgIpc) is 3.20. The Morgan fingerprint density at radius 3 is 2.84 bits per heavy atom. The molecule has 0 aliphatic heterocycles. The second-order valence-electron chi connectivity index (χ2n) is 6.21. The van der Waals surface area contributed by atoms with Crippen molar-refractivity contribution in [2.24, 2.45) is 17.9 Å². The molecule has 1 aliphatic rings. The summed E-state index contributed by atoms with van der Waals surface area (Å²) in [5, 5.41) is 4.95. The first-order valence-electron chi connectivity index (χ1n) is 8.13. The maximum atomic E-state index is 10.9. The minimum atomic E-state index is -0.692. The van der Waals surface area contributed by atoms with Crippen molar-refractivity contribution in [3.63, 3.8) is 0 Å². The molecule has 1 aliphatic carbocycles. The van der Waals surface area contributed by atoms with Crippen molar-refractivity contribution in [3.05, 3.63) is 47.4 Å². The highest BCUT2D eigenvalue weighted by Gasteiger charge is 2.15. The Morgan fingerprint density at radius 2 is 2.12 bits per heavy atom. The van der Waals surface area contributed by atoms with E-state index in [1.54, 1.807) is 18.7 Å². The molecule has 0 fully saturated rings. The zero-order valence-corrected chi connectivity index (χ0v) is 13.9. The Balaban J connectivity index is 1.90. The van der Waals surface area contributed by atoms with E-state index in [1.165, 1.54) is 17.5 Å². The predicted molar refractivity (Wildman–Crippen MR) is 96.3 cm³/mol. The number of nitrogens with zero attached hydrogens (tertiary/aromatic N) is 4. The number of urea groups is 1. The van der Waals surface area contributed by atoms with Crippen LogP contribution in [-0.4, -0.2) is 26.8 Å². The Bertz CT molecular complexity index is 1000. The number of hydrogen-bond acceptors (Lipinski definition) is 4. The highest BCUT2D eigenvalue weighted by Crippen LogP contribution is 2.30. The third kappa shape index (κ3) is 2.84. The SMILES string of the molecule is Cn1cncc1-c1cc(C=NNC(N)=O)c2cc3c(cc2n1)CCC3. The molecule has 7 nitrogen and oxygen atoms in total. The van der Waals surface area contributed by atoms with Gasteiger partial charge in [0.1, 0.15) is 0 Å². The van der Waals surface area contributed by atoms with E-state index in [2.05, 4.69) is 27.6 Å². The smallest absolute Gasteiger partial charge is 0.332 e. The summed E-state index contributed by atoms with van der Waals surface area (Å²) in [7, 11) is 1.93. The summed E-state index contributed by atoms with van der Waals surface area (Å²) in [6.45, 7) is 0. The first kappa shape index (κ1) is 15.3. The van der Waals surface area contributed by atoms with E-state index in [0.717, 1.165) is 40.7 Å². The predicted octanol–water partition coefficient (Wildman–Crippen LogP) is 2.13. The van der Waals surface area contributed by atoms with Crippen molar-refractivity contribution in [2.45, 2.75) is 19.3 Å². The summed E-state index contributed by atoms with van der Waals surface area (Å²) >= 11 is 0. The molecular weight excluding hydrogens is 316 g/mol. The molecular formula is C18H18N6O. The van der Waals surface area contributed by atoms with Crippen LogP contribution in [0.3, 0.4) is 0 Å². The van der Waals surface area contributed by atoms with Crippen LogP contribution in [0, 0.1) is 0 Å². The molecule has 4 rings (SSSR count). The number of aromatic nitrogens is 3. The van der Waals surface area contributed by atoms with Gasteiger partial charge in [-0.05, 0) is 48.6 Å². The molecule has 126 valence electrons. The third-order valence-corrected chi connectivity index (χ3v) is 4.51. The van der Waals surface area contributed by atoms with Crippen LogP contribution < -0.4 is 11.2 Å². The van der Waals surface area contributed by atoms with Gasteiger partial charge in [-0.15, -0.1) is 0 Å². The van der Waals surface area contributed by atoms with Crippen LogP contribution in [0.25, 0.3) is 22.3 Å². The zero-order valence-electron chi connectivity index (χ0n) is 13.9. The molecule has 0 saturated carbocycles. The number of hydrazone groups is 1. The Hall–Kier alpha value is -3.22. The van der Waals surface area contributed by atoms with Crippen molar-refractivity contribution in [1.29, 1.82) is 0 Å². The lowest BCUT2D eigenvalue weighted by molar-refractivity contribution is 0.249. The van der Waals surface area contributed by atoms with Gasteiger partial charge < -0.3 is 10.3 Å². The molecule has 0 radical (unpaired) electrons. The molecule has 3 aromatic rings. The molecule has 0 unspecified atom stereocenters. The normalized spacial score (nSPS) is 13.5. The summed E-state index contributed by atoms with van der Waals surface area (Å²) in [6, 6.07) is 5.61. The van der Waals surface area contributed by atoms with Gasteiger partial charge in [0, 0.05) is 18.0 Å². The van der Waals surface area contributed by atoms with Crippen LogP contribution in [0.2, 0.25) is 0 Å². The summed E-state index contributed by atoms with van der Waals surface area (Å²) in [5.74, 6) is 0. The summed E-state index contributed by atoms with van der Waals surface area (Å²) in [6.07, 6.45) is 8.49. The molecule has 0 spiro atoms. The molecule has 2 heterocycles. The Labute approximate surface area is 144 Å². The van der Waals surface area contributed by atoms with Crippen molar-refractivity contribution in [1.82, 2.24) is 20.0 Å². The lowest BCUT2D eigenvalue weighted by atomic mass is 10.0. The number of carbonyl (C=O) groups excluding carboxylic acids is 1. The minimum absolute atomic E-state index is 0.692. The van der Waals surface area contributed by atoms with E-state index < -0.39 is 6.03 Å². The second kappa shape index (κ2) is 6.01. The van der Waals surface area contributed by atoms with Crippen molar-refractivity contribution < 1.29 is 4.79 Å². The maximum Gasteiger partial charge on any atom is 0.332 e. The molecule has 0 atom stereocenters. The first-order valence-corrected chi connectivity index (χ1v) is 8.13. The van der Waals surface area contributed by atoms with Gasteiger partial charge >= 0.3 is 6.03 Å². The summed E-state index contributed by atoms with van der Waals surface area (Å²) < 4.78 is 1.92. The number of primary amides is 1. The standard InChI is InChI=1S/C18H18N6O/c1-24-10-20-9-17(24)16-7-13(8-21-23-18(19)25)14-5-11-3-2-4-12(11)6-15(14)22-16/h5-10H,2-4H2,1H3,(H3,19,23,25). The van der Waals surface area contributed by atoms with Crippen LogP contribution in [0.1, 0.15) is 23.1 Å². The van der Waals surface area contributed by atoms with Crippen LogP contribution in [0.15, 0.2) is 35.8 Å². The van der Waals surface area contributed by atoms with Crippen molar-refractivity contribution in [3.8, 4) is 11.4 Å². The quantitative estimate of drug-likeness (QED) is 0.567. The average molecular weight is 334 g/mol. The molecule has 0 bridgehead atoms. The topological polar surface area (TPSA) is 98.2 Å². The summed E-state index contributed by atoms with van der Waals surface area (Å²) in [5.41, 5.74) is 13.6. The van der Waals surface area contributed by atoms with E-state index in [-0.39, 0.29) is 0 Å². The number of nitrogens with two attached hydrogens (primary N) is 1. The van der Waals surface area contributed by atoms with Gasteiger partial charge in [0.25, 0.3) is 0 Å². The monoisotopic (exact) mass is 334 g/mol. The van der Waals surface area contributed by atoms with Gasteiger partial charge in [0.15, 0.2) is 0 Å². The zero-order chi connectivity index (χ0) is 17.4. The molecule has 1 aromatic carbocycles. The number of carbonyl (C=O) groups is 1. The first-order chi connectivity index (χ1) is 12.1. The van der Waals surface area contributed by atoms with E-state index >= 15 is 0 Å². The number of hydrogen-bond donors (Lipinski definition) is 2. The number of aryl methyl sites for hydroxylation is 3. The van der Waals surface area contributed by atoms with E-state index in [1.807, 2.05) is 17.7 Å². The largest absolute Gasteiger partial charge is 0.350 e. The fourth-order valence-corrected chi connectivity index (χ4v) is 3.33. The van der Waals surface area contributed by atoms with Gasteiger partial charge in [-0.3, -0.25) is 0 Å². The van der Waals surface area contributed by atoms with Gasteiger partial charge in [-0.2, -0.15) is 5.10 Å². The van der Waals surface area contributed by atoms with Gasteiger partial charge in [-0.25, -0.2) is 20.2 Å². The summed E-state index contributed by atoms with van der Waals surface area (Å²) in [4.78, 5) is 19.9. The van der Waals surface area contributed by atoms with E-state index in [4.69, 9.17) is 10.7 Å². The number of pyridine rings is 1. The van der Waals surface area contributed by atoms with Crippen LogP contribution >= 0.6 is 0 Å². The Kier molecular flexibility index (Phi) is 3.68. The molecule has 3 N–H and O–H groups in total. The van der Waals surface area contributed by atoms with Crippen LogP contribution in [0.5, 0.6) is 0 Å². The van der Waals surface area contributed by atoms with Crippen LogP contribution in [0.4, 0.5) is 4.79 Å². The number of nitrogens with one attached hydrogen (secondary N) is 1. The number of amides is 2. The molecule has 7 heteroatoms. The van der Waals surface area contributed by atoms with Crippen molar-refractivity contribution in [2.75, 3.05) is 0 Å². The fourth-order valence-electron chi connectivity index (χ4n) is 3.33. The van der Waals surface area contributed by atoms with Gasteiger partial charge in [-0.1, -0.05) is 0 Å². The fraction of sp³-hybridized carbons (Fsp3) is 0.222. The molecule has 2 aromatic heterocycles. The molecule has 0 saturated heterocycles. The Morgan fingerprint density at radius 1 is 1.32 bits per heavy atom. The number of imidazole rings is 1. The van der Waals surface area contributed by atoms with E-state index in [0.29, 0.717) is 0 Å². The van der Waals surface area contributed by atoms with Crippen LogP contribution in [-0.2, 0) is 19.9 Å². The van der Waals surface area contributed by atoms with Gasteiger partial charge in [0.05, 0.1) is 35.6 Å². The molecule has 25 heavy (non-hydrogen) atoms. The number of fused-ring (bicyclic) bond motifs is 2. The van der Waals surface area contributed by atoms with Gasteiger partial charge in [0.2, 0.25) is 0 Å². The molecule has 2 amide bonds. The number of benzene rings is 1. The van der Waals surface area contributed by atoms with Crippen molar-refractivity contribution >= 4 is 23.1 Å². The highest BCUT2D eigenvalue weighted by molar-refractivity contribution is 6.00. The minimum Gasteiger partial charge on any atom is -0.350 e. The maximum absolute atomic E-state index is 10.9. The second-order valence-corrected chi connectivity index (χ2v) is 6.21. The lowest BCUT2D eigenvalue weighted by Gasteiger charge is -2.10. The van der Waals surface area contributed by atoms with E-state index in [9.17, 15) is 4.79 Å². The lowest BCUT2D eigenvalue weighted by Crippen LogP contribution is -2.24. The number of rotatable bonds is 3.